The van der Waals surface area contributed by atoms with Gasteiger partial charge in [0.1, 0.15) is 5.82 Å². The van der Waals surface area contributed by atoms with Crippen LogP contribution < -0.4 is 5.32 Å². The van der Waals surface area contributed by atoms with E-state index in [1.165, 1.54) is 6.07 Å². The van der Waals surface area contributed by atoms with Crippen molar-refractivity contribution in [2.24, 2.45) is 10.9 Å². The third kappa shape index (κ3) is 5.61. The van der Waals surface area contributed by atoms with Crippen LogP contribution in [-0.2, 0) is 6.54 Å². The number of aliphatic imine (C=N–C) groups is 1. The zero-order chi connectivity index (χ0) is 15.2. The van der Waals surface area contributed by atoms with Crippen molar-refractivity contribution in [2.75, 3.05) is 25.9 Å². The summed E-state index contributed by atoms with van der Waals surface area (Å²) >= 11 is 2.05. The highest BCUT2D eigenvalue weighted by atomic mass is 127. The molecule has 1 heterocycles. The van der Waals surface area contributed by atoms with E-state index in [0.29, 0.717) is 17.7 Å². The molecule has 0 saturated carbocycles. The SMILES string of the molecule is CN=C(NCc1cccc(F)c1)N1CCSC(C(C)C)C1.I. The number of guanidine groups is 1. The van der Waals surface area contributed by atoms with E-state index >= 15 is 0 Å². The Morgan fingerprint density at radius 1 is 1.50 bits per heavy atom. The van der Waals surface area contributed by atoms with Crippen LogP contribution in [0.2, 0.25) is 0 Å². The number of hydrogen-bond donors (Lipinski definition) is 1. The maximum absolute atomic E-state index is 13.2. The molecule has 1 saturated heterocycles. The number of hydrogen-bond acceptors (Lipinski definition) is 2. The molecule has 1 aliphatic rings. The molecule has 1 atom stereocenters. The zero-order valence-corrected chi connectivity index (χ0v) is 16.5. The zero-order valence-electron chi connectivity index (χ0n) is 13.4. The quantitative estimate of drug-likeness (QED) is 0.445. The normalized spacial score (nSPS) is 19.0. The van der Waals surface area contributed by atoms with Gasteiger partial charge in [-0.15, -0.1) is 24.0 Å². The lowest BCUT2D eigenvalue weighted by Gasteiger charge is -2.36. The van der Waals surface area contributed by atoms with Gasteiger partial charge in [-0.3, -0.25) is 4.99 Å². The van der Waals surface area contributed by atoms with Gasteiger partial charge >= 0.3 is 0 Å². The molecule has 1 fully saturated rings. The first-order chi connectivity index (χ1) is 10.1. The Morgan fingerprint density at radius 2 is 2.27 bits per heavy atom. The van der Waals surface area contributed by atoms with E-state index in [2.05, 4.69) is 29.1 Å². The van der Waals surface area contributed by atoms with Crippen molar-refractivity contribution in [1.29, 1.82) is 0 Å². The minimum absolute atomic E-state index is 0. The highest BCUT2D eigenvalue weighted by molar-refractivity contribution is 14.0. The molecule has 0 aliphatic carbocycles. The van der Waals surface area contributed by atoms with Crippen LogP contribution in [-0.4, -0.2) is 42.0 Å². The predicted octanol–water partition coefficient (Wildman–Crippen LogP) is 3.59. The number of benzene rings is 1. The first-order valence-electron chi connectivity index (χ1n) is 7.41. The van der Waals surface area contributed by atoms with Crippen LogP contribution in [0.1, 0.15) is 19.4 Å². The smallest absolute Gasteiger partial charge is 0.193 e. The van der Waals surface area contributed by atoms with E-state index in [0.717, 1.165) is 30.4 Å². The highest BCUT2D eigenvalue weighted by Crippen LogP contribution is 2.24. The van der Waals surface area contributed by atoms with Gasteiger partial charge in [0.25, 0.3) is 0 Å². The van der Waals surface area contributed by atoms with Crippen molar-refractivity contribution < 1.29 is 4.39 Å². The van der Waals surface area contributed by atoms with E-state index in [1.807, 2.05) is 17.8 Å². The van der Waals surface area contributed by atoms with Crippen molar-refractivity contribution in [3.63, 3.8) is 0 Å². The molecule has 1 N–H and O–H groups in total. The lowest BCUT2D eigenvalue weighted by molar-refractivity contribution is 0.380. The molecule has 1 unspecified atom stereocenters. The van der Waals surface area contributed by atoms with Gasteiger partial charge < -0.3 is 10.2 Å². The average molecular weight is 437 g/mol. The van der Waals surface area contributed by atoms with Crippen molar-refractivity contribution in [2.45, 2.75) is 25.6 Å². The Morgan fingerprint density at radius 3 is 2.91 bits per heavy atom. The van der Waals surface area contributed by atoms with E-state index < -0.39 is 0 Å². The van der Waals surface area contributed by atoms with E-state index in [-0.39, 0.29) is 29.8 Å². The first kappa shape index (κ1) is 19.5. The van der Waals surface area contributed by atoms with Gasteiger partial charge in [0.2, 0.25) is 0 Å². The van der Waals surface area contributed by atoms with Crippen LogP contribution in [0.5, 0.6) is 0 Å². The standard InChI is InChI=1S/C16H24FN3S.HI/c1-12(2)15-11-20(7-8-21-15)16(18-3)19-10-13-5-4-6-14(17)9-13;/h4-6,9,12,15H,7-8,10-11H2,1-3H3,(H,18,19);1H. The van der Waals surface area contributed by atoms with E-state index in [9.17, 15) is 4.39 Å². The molecular formula is C16H25FIN3S. The van der Waals surface area contributed by atoms with Crippen LogP contribution in [0.25, 0.3) is 0 Å². The van der Waals surface area contributed by atoms with Gasteiger partial charge in [0, 0.05) is 37.7 Å². The molecule has 2 rings (SSSR count). The Balaban J connectivity index is 0.00000242. The second-order valence-electron chi connectivity index (χ2n) is 5.63. The monoisotopic (exact) mass is 437 g/mol. The molecule has 0 radical (unpaired) electrons. The van der Waals surface area contributed by atoms with Gasteiger partial charge in [0.05, 0.1) is 0 Å². The second-order valence-corrected chi connectivity index (χ2v) is 6.98. The Kier molecular flexibility index (Phi) is 8.53. The van der Waals surface area contributed by atoms with Crippen molar-refractivity contribution in [3.8, 4) is 0 Å². The summed E-state index contributed by atoms with van der Waals surface area (Å²) in [5.74, 6) is 2.51. The highest BCUT2D eigenvalue weighted by Gasteiger charge is 2.24. The minimum Gasteiger partial charge on any atom is -0.352 e. The molecule has 0 aromatic heterocycles. The number of nitrogens with zero attached hydrogens (tertiary/aromatic N) is 2. The average Bonchev–Trinajstić information content (AvgIpc) is 2.48. The summed E-state index contributed by atoms with van der Waals surface area (Å²) in [5, 5.41) is 3.99. The van der Waals surface area contributed by atoms with Crippen molar-refractivity contribution in [1.82, 2.24) is 10.2 Å². The van der Waals surface area contributed by atoms with Gasteiger partial charge in [-0.05, 0) is 23.6 Å². The first-order valence-corrected chi connectivity index (χ1v) is 8.46. The Hall–Kier alpha value is -0.500. The third-order valence-corrected chi connectivity index (χ3v) is 5.23. The maximum atomic E-state index is 13.2. The largest absolute Gasteiger partial charge is 0.352 e. The molecular weight excluding hydrogens is 412 g/mol. The fourth-order valence-electron chi connectivity index (χ4n) is 2.43. The number of nitrogens with one attached hydrogen (secondary N) is 1. The van der Waals surface area contributed by atoms with Crippen LogP contribution in [0.4, 0.5) is 4.39 Å². The predicted molar refractivity (Wildman–Crippen MR) is 105 cm³/mol. The number of rotatable bonds is 3. The fourth-order valence-corrected chi connectivity index (χ4v) is 3.73. The molecule has 1 aromatic rings. The molecule has 3 nitrogen and oxygen atoms in total. The second kappa shape index (κ2) is 9.60. The van der Waals surface area contributed by atoms with E-state index in [4.69, 9.17) is 0 Å². The van der Waals surface area contributed by atoms with Gasteiger partial charge in [0.15, 0.2) is 5.96 Å². The molecule has 6 heteroatoms. The van der Waals surface area contributed by atoms with Gasteiger partial charge in [-0.2, -0.15) is 11.8 Å². The van der Waals surface area contributed by atoms with Crippen molar-refractivity contribution >= 4 is 41.7 Å². The third-order valence-electron chi connectivity index (χ3n) is 3.69. The number of thioether (sulfide) groups is 1. The Bertz CT molecular complexity index is 496. The molecule has 124 valence electrons. The molecule has 1 aliphatic heterocycles. The molecule has 1 aromatic carbocycles. The maximum Gasteiger partial charge on any atom is 0.193 e. The molecule has 0 bridgehead atoms. The van der Waals surface area contributed by atoms with Crippen molar-refractivity contribution in [3.05, 3.63) is 35.6 Å². The number of halogens is 2. The summed E-state index contributed by atoms with van der Waals surface area (Å²) in [6.07, 6.45) is 0. The van der Waals surface area contributed by atoms with Gasteiger partial charge in [-0.25, -0.2) is 4.39 Å². The van der Waals surface area contributed by atoms with Crippen LogP contribution >= 0.6 is 35.7 Å². The lowest BCUT2D eigenvalue weighted by Crippen LogP contribution is -2.48. The lowest BCUT2D eigenvalue weighted by atomic mass is 10.1. The topological polar surface area (TPSA) is 27.6 Å². The van der Waals surface area contributed by atoms with E-state index in [1.54, 1.807) is 19.2 Å². The summed E-state index contributed by atoms with van der Waals surface area (Å²) in [6, 6.07) is 6.68. The molecule has 0 spiro atoms. The summed E-state index contributed by atoms with van der Waals surface area (Å²) < 4.78 is 13.2. The molecule has 0 amide bonds. The summed E-state index contributed by atoms with van der Waals surface area (Å²) in [7, 11) is 1.81. The summed E-state index contributed by atoms with van der Waals surface area (Å²) in [6.45, 7) is 7.16. The molecule has 22 heavy (non-hydrogen) atoms. The summed E-state index contributed by atoms with van der Waals surface area (Å²) in [5.41, 5.74) is 0.933. The minimum atomic E-state index is -0.196. The summed E-state index contributed by atoms with van der Waals surface area (Å²) in [4.78, 5) is 6.68. The van der Waals surface area contributed by atoms with Crippen LogP contribution in [0, 0.1) is 11.7 Å². The Labute approximate surface area is 154 Å². The van der Waals surface area contributed by atoms with Gasteiger partial charge in [-0.1, -0.05) is 26.0 Å². The van der Waals surface area contributed by atoms with Crippen LogP contribution in [0.3, 0.4) is 0 Å². The fraction of sp³-hybridized carbons (Fsp3) is 0.562. The van der Waals surface area contributed by atoms with Crippen LogP contribution in [0.15, 0.2) is 29.3 Å².